The third-order valence-corrected chi connectivity index (χ3v) is 3.24. The van der Waals surface area contributed by atoms with Gasteiger partial charge in [0.15, 0.2) is 0 Å². The molecule has 0 radical (unpaired) electrons. The fraction of sp³-hybridized carbons (Fsp3) is 0.786. The van der Waals surface area contributed by atoms with E-state index in [0.29, 0.717) is 13.0 Å². The van der Waals surface area contributed by atoms with Gasteiger partial charge >= 0.3 is 0 Å². The lowest BCUT2D eigenvalue weighted by atomic mass is 10.1. The number of rotatable bonds is 9. The highest BCUT2D eigenvalue weighted by Gasteiger charge is 2.29. The first-order valence-electron chi connectivity index (χ1n) is 6.73. The molecule has 0 aliphatic carbocycles. The average Bonchev–Trinajstić information content (AvgIpc) is 2.23. The van der Waals surface area contributed by atoms with Gasteiger partial charge in [-0.25, -0.2) is 0 Å². The van der Waals surface area contributed by atoms with Crippen molar-refractivity contribution in [2.75, 3.05) is 20.6 Å². The van der Waals surface area contributed by atoms with Gasteiger partial charge in [-0.15, -0.1) is 0 Å². The van der Waals surface area contributed by atoms with Crippen LogP contribution < -0.4 is 5.11 Å². The van der Waals surface area contributed by atoms with E-state index in [9.17, 15) is 15.0 Å². The van der Waals surface area contributed by atoms with Crippen LogP contribution in [0.3, 0.4) is 0 Å². The molecule has 0 aromatic heterocycles. The molecule has 0 amide bonds. The number of carboxylic acids is 1. The molecule has 106 valence electrons. The Morgan fingerprint density at radius 3 is 2.44 bits per heavy atom. The van der Waals surface area contributed by atoms with Crippen molar-refractivity contribution in [2.45, 2.75) is 51.7 Å². The standard InChI is InChI=1S/C14H27NO3/c1-5-7-8-9-10-12(16)11-15(3,4)13(6-2)14(17)18/h9-10,12-13,16H,5-8,11H2,1-4H3/b10-9+. The minimum atomic E-state index is -1.05. The molecule has 0 bridgehead atoms. The lowest BCUT2D eigenvalue weighted by Gasteiger charge is -2.39. The second kappa shape index (κ2) is 8.27. The monoisotopic (exact) mass is 257 g/mol. The summed E-state index contributed by atoms with van der Waals surface area (Å²) in [6.07, 6.45) is 6.82. The number of carbonyl (C=O) groups is 1. The number of carbonyl (C=O) groups excluding carboxylic acids is 1. The summed E-state index contributed by atoms with van der Waals surface area (Å²) in [5, 5.41) is 20.9. The van der Waals surface area contributed by atoms with Crippen LogP contribution in [-0.4, -0.2) is 48.3 Å². The molecule has 18 heavy (non-hydrogen) atoms. The van der Waals surface area contributed by atoms with Gasteiger partial charge in [0.05, 0.1) is 20.1 Å². The number of aliphatic hydroxyl groups excluding tert-OH is 1. The van der Waals surface area contributed by atoms with Gasteiger partial charge < -0.3 is 19.5 Å². The molecule has 0 aliphatic rings. The van der Waals surface area contributed by atoms with Crippen LogP contribution in [0.25, 0.3) is 0 Å². The van der Waals surface area contributed by atoms with Crippen molar-refractivity contribution in [1.29, 1.82) is 0 Å². The van der Waals surface area contributed by atoms with Gasteiger partial charge in [0, 0.05) is 6.42 Å². The lowest BCUT2D eigenvalue weighted by Crippen LogP contribution is -2.59. The number of carboxylic acid groups (broad SMARTS) is 1. The fourth-order valence-electron chi connectivity index (χ4n) is 2.19. The van der Waals surface area contributed by atoms with E-state index in [0.717, 1.165) is 19.3 Å². The van der Waals surface area contributed by atoms with Crippen LogP contribution >= 0.6 is 0 Å². The maximum absolute atomic E-state index is 11.0. The van der Waals surface area contributed by atoms with Gasteiger partial charge in [-0.1, -0.05) is 38.8 Å². The summed E-state index contributed by atoms with van der Waals surface area (Å²) in [5.41, 5.74) is 0. The van der Waals surface area contributed by atoms with Crippen LogP contribution in [0, 0.1) is 0 Å². The summed E-state index contributed by atoms with van der Waals surface area (Å²) in [6, 6.07) is -0.580. The van der Waals surface area contributed by atoms with Crippen molar-refractivity contribution in [3.63, 3.8) is 0 Å². The Balaban J connectivity index is 4.37. The van der Waals surface area contributed by atoms with E-state index in [-0.39, 0.29) is 4.48 Å². The van der Waals surface area contributed by atoms with Crippen molar-refractivity contribution < 1.29 is 19.5 Å². The van der Waals surface area contributed by atoms with E-state index < -0.39 is 18.1 Å². The number of unbranched alkanes of at least 4 members (excludes halogenated alkanes) is 2. The molecule has 4 heteroatoms. The molecule has 0 spiro atoms. The summed E-state index contributed by atoms with van der Waals surface area (Å²) in [5.74, 6) is -1.05. The Labute approximate surface area is 111 Å². The molecular formula is C14H27NO3. The number of hydrogen-bond acceptors (Lipinski definition) is 3. The molecule has 0 rings (SSSR count). The average molecular weight is 257 g/mol. The Morgan fingerprint density at radius 2 is 2.00 bits per heavy atom. The van der Waals surface area contributed by atoms with Gasteiger partial charge in [-0.05, 0) is 6.42 Å². The van der Waals surface area contributed by atoms with Crippen molar-refractivity contribution in [2.24, 2.45) is 0 Å². The van der Waals surface area contributed by atoms with Gasteiger partial charge in [-0.2, -0.15) is 0 Å². The molecule has 2 unspecified atom stereocenters. The van der Waals surface area contributed by atoms with Crippen molar-refractivity contribution >= 4 is 5.97 Å². The number of aliphatic carboxylic acids is 1. The van der Waals surface area contributed by atoms with Gasteiger partial charge in [0.1, 0.15) is 18.7 Å². The maximum atomic E-state index is 11.0. The van der Waals surface area contributed by atoms with E-state index in [4.69, 9.17) is 0 Å². The quantitative estimate of drug-likeness (QED) is 0.376. The smallest absolute Gasteiger partial charge is 0.129 e. The van der Waals surface area contributed by atoms with E-state index in [1.807, 2.05) is 27.1 Å². The minimum absolute atomic E-state index is 0.234. The zero-order valence-corrected chi connectivity index (χ0v) is 12.1. The normalized spacial score (nSPS) is 15.8. The number of aliphatic hydroxyl groups is 1. The highest BCUT2D eigenvalue weighted by atomic mass is 16.4. The second-order valence-electron chi connectivity index (χ2n) is 5.34. The summed E-state index contributed by atoms with van der Waals surface area (Å²) in [4.78, 5) is 11.0. The van der Waals surface area contributed by atoms with Crippen molar-refractivity contribution in [3.8, 4) is 0 Å². The Morgan fingerprint density at radius 1 is 1.39 bits per heavy atom. The fourth-order valence-corrected chi connectivity index (χ4v) is 2.19. The van der Waals surface area contributed by atoms with Crippen LogP contribution in [0.15, 0.2) is 12.2 Å². The van der Waals surface area contributed by atoms with Gasteiger partial charge in [-0.3, -0.25) is 0 Å². The second-order valence-corrected chi connectivity index (χ2v) is 5.34. The third kappa shape index (κ3) is 6.17. The largest absolute Gasteiger partial charge is 0.544 e. The van der Waals surface area contributed by atoms with E-state index >= 15 is 0 Å². The van der Waals surface area contributed by atoms with Crippen LogP contribution in [-0.2, 0) is 4.79 Å². The first-order chi connectivity index (χ1) is 8.35. The predicted molar refractivity (Wildman–Crippen MR) is 70.7 cm³/mol. The number of likely N-dealkylation sites (N-methyl/N-ethyl adjacent to an activating group) is 1. The predicted octanol–water partition coefficient (Wildman–Crippen LogP) is 0.699. The molecule has 0 fully saturated rings. The summed E-state index contributed by atoms with van der Waals surface area (Å²) in [7, 11) is 3.63. The zero-order chi connectivity index (χ0) is 14.2. The topological polar surface area (TPSA) is 60.4 Å². The van der Waals surface area contributed by atoms with Gasteiger partial charge in [0.25, 0.3) is 0 Å². The SMILES string of the molecule is CCCC/C=C/C(O)C[N+](C)(C)C(CC)C(=O)[O-]. The molecule has 0 aliphatic heterocycles. The number of nitrogens with zero attached hydrogens (tertiary/aromatic N) is 1. The first kappa shape index (κ1) is 17.1. The van der Waals surface area contributed by atoms with Crippen LogP contribution in [0.1, 0.15) is 39.5 Å². The van der Waals surface area contributed by atoms with Crippen LogP contribution in [0.5, 0.6) is 0 Å². The lowest BCUT2D eigenvalue weighted by molar-refractivity contribution is -0.910. The Bertz CT molecular complexity index is 274. The summed E-state index contributed by atoms with van der Waals surface area (Å²) >= 11 is 0. The van der Waals surface area contributed by atoms with Gasteiger partial charge in [0.2, 0.25) is 0 Å². The van der Waals surface area contributed by atoms with E-state index in [2.05, 4.69) is 6.92 Å². The highest BCUT2D eigenvalue weighted by molar-refractivity contribution is 5.69. The third-order valence-electron chi connectivity index (χ3n) is 3.24. The molecule has 0 saturated carbocycles. The molecular weight excluding hydrogens is 230 g/mol. The molecule has 0 aromatic carbocycles. The first-order valence-corrected chi connectivity index (χ1v) is 6.73. The molecule has 0 saturated heterocycles. The van der Waals surface area contributed by atoms with Crippen LogP contribution in [0.2, 0.25) is 0 Å². The number of quaternary nitrogens is 1. The Kier molecular flexibility index (Phi) is 7.87. The maximum Gasteiger partial charge on any atom is 0.129 e. The van der Waals surface area contributed by atoms with Crippen LogP contribution in [0.4, 0.5) is 0 Å². The van der Waals surface area contributed by atoms with Crippen molar-refractivity contribution in [3.05, 3.63) is 12.2 Å². The zero-order valence-electron chi connectivity index (χ0n) is 12.1. The minimum Gasteiger partial charge on any atom is -0.544 e. The number of hydrogen-bond donors (Lipinski definition) is 1. The molecule has 2 atom stereocenters. The molecule has 4 nitrogen and oxygen atoms in total. The molecule has 0 aromatic rings. The van der Waals surface area contributed by atoms with E-state index in [1.165, 1.54) is 0 Å². The summed E-state index contributed by atoms with van der Waals surface area (Å²) < 4.78 is 0.234. The van der Waals surface area contributed by atoms with Crippen molar-refractivity contribution in [1.82, 2.24) is 0 Å². The number of allylic oxidation sites excluding steroid dienone is 1. The molecule has 1 N–H and O–H groups in total. The molecule has 0 heterocycles. The van der Waals surface area contributed by atoms with E-state index in [1.54, 1.807) is 6.08 Å². The summed E-state index contributed by atoms with van der Waals surface area (Å²) in [6.45, 7) is 4.33. The Hall–Kier alpha value is -0.870. The highest BCUT2D eigenvalue weighted by Crippen LogP contribution is 2.12.